The molecule has 2 unspecified atom stereocenters. The number of nitrogens with two attached hydrogens (primary N) is 3. The Hall–Kier alpha value is -9.05. The molecule has 122 heavy (non-hydrogen) atoms. The van der Waals surface area contributed by atoms with E-state index in [9.17, 15) is 48.7 Å². The van der Waals surface area contributed by atoms with Crippen molar-refractivity contribution in [2.24, 2.45) is 16.6 Å². The molecule has 8 aromatic carbocycles. The van der Waals surface area contributed by atoms with Crippen LogP contribution in [0.4, 0.5) is 11.6 Å². The van der Waals surface area contributed by atoms with E-state index in [2.05, 4.69) is 33.4 Å². The number of carbonyl (C=O) groups excluding carboxylic acids is 2. The zero-order valence-corrected chi connectivity index (χ0v) is 73.8. The van der Waals surface area contributed by atoms with Crippen LogP contribution in [0.5, 0.6) is 0 Å². The smallest absolute Gasteiger partial charge is 0.398 e. The first kappa shape index (κ1) is 102. The molecule has 5 heterocycles. The van der Waals surface area contributed by atoms with E-state index >= 15 is 0 Å². The molecular formula is C90H116BN8O19P2S2+. The molecule has 0 amide bonds. The number of nitrogens with zero attached hydrogens (tertiary/aromatic N) is 4. The summed E-state index contributed by atoms with van der Waals surface area (Å²) < 4.78 is 72.9. The SMILES string of the molecule is CC(C)(CO)C(=O)SCCOP(=O)(NCc1ccccc1)OC[C@H]1O[C@@H](n2ccc(N)nc2=O)[C@](C)(O)[C@@H]1O.CC(C)(COC(c1ccccc1)(c1ccccc1)c1ccccc1)C(=O)SCCO[P+](=O)O.CCCC.CCN.C[C@@]12OB(c3ccccc3)O[C@@H]1[C@@H](CO)O[C@H]2n1ccc(N)nc1=O.c1ccccc1.c1ccccc1.c1ccccc1. The molecule has 3 fully saturated rings. The maximum Gasteiger partial charge on any atom is 0.694 e. The number of rotatable bonds is 28. The van der Waals surface area contributed by atoms with Gasteiger partial charge in [-0.3, -0.25) is 27.8 Å². The fourth-order valence-corrected chi connectivity index (χ4v) is 15.2. The Morgan fingerprint density at radius 1 is 0.590 bits per heavy atom. The molecule has 0 spiro atoms. The van der Waals surface area contributed by atoms with Crippen LogP contribution in [0.1, 0.15) is 110 Å². The lowest BCUT2D eigenvalue weighted by molar-refractivity contribution is -0.124. The first-order valence-electron chi connectivity index (χ1n) is 39.8. The standard InChI is InChI=1S/C26H27O5PS.C24H35N4O9PS.C16H18BN3O5.3C6H6.C4H10.C2H7N/c1-25(2,24(27)33-19-18-31-32(28)29)20-30-26(21-12-6-3-7-13-21,22-14-8-4-9-15-22)23-16-10-5-11-17-23;1-23(2,15-29)21(31)39-12-11-35-38(34,26-13-16-7-5-4-6-8-16)36-14-17-19(30)24(3,33)20(37-17)28-10-9-18(25)27-22(28)32;1-16-13(24-17(25-16)10-5-3-2-4-6-10)11(9-21)23-14(16)20-8-7-12(18)19-15(20)22;3*1-2-4-6-5-3-1;1-3-4-2;1-2-3/h3-17H,18-20H2,1-2H3;4-10,17,19-20,29-30,33H,11-15H2,1-3H3,(H,26,34)(H2,25,27,32);2-8,11,13-14,21H,9H2,1H3,(H2,18,19,22);3*1-6H;3-4H2,1-2H3;2-3H2,1H3/p+1/t;17-,19-,20-,24-,38?;11-,13-,14-,16-;;;;;/m.11...../s1. The van der Waals surface area contributed by atoms with Gasteiger partial charge in [0, 0.05) is 35.0 Å². The molecule has 27 nitrogen and oxygen atoms in total. The zero-order valence-electron chi connectivity index (χ0n) is 70.3. The van der Waals surface area contributed by atoms with Gasteiger partial charge in [-0.1, -0.05) is 318 Å². The van der Waals surface area contributed by atoms with E-state index in [1.807, 2.05) is 289 Å². The Morgan fingerprint density at radius 2 is 0.975 bits per heavy atom. The Kier molecular flexibility index (Phi) is 43.8. The summed E-state index contributed by atoms with van der Waals surface area (Å²) >= 11 is 2.01. The lowest BCUT2D eigenvalue weighted by atomic mass is 9.79. The molecule has 12 N–H and O–H groups in total. The van der Waals surface area contributed by atoms with Crippen LogP contribution in [0.3, 0.4) is 0 Å². The molecule has 3 aliphatic heterocycles. The number of hydrogen-bond acceptors (Lipinski definition) is 25. The number of anilines is 2. The second kappa shape index (κ2) is 52.5. The fourth-order valence-electron chi connectivity index (χ4n) is 11.8. The van der Waals surface area contributed by atoms with Gasteiger partial charge in [-0.05, 0) is 87.9 Å². The van der Waals surface area contributed by atoms with Crippen LogP contribution >= 0.6 is 39.5 Å². The van der Waals surface area contributed by atoms with Crippen LogP contribution in [0.25, 0.3) is 0 Å². The van der Waals surface area contributed by atoms with Crippen molar-refractivity contribution in [2.75, 3.05) is 69.2 Å². The van der Waals surface area contributed by atoms with E-state index in [0.29, 0.717) is 5.75 Å². The molecule has 3 saturated heterocycles. The van der Waals surface area contributed by atoms with Gasteiger partial charge in [0.1, 0.15) is 59.5 Å². The van der Waals surface area contributed by atoms with Gasteiger partial charge in [-0.15, -0.1) is 9.42 Å². The summed E-state index contributed by atoms with van der Waals surface area (Å²) in [6, 6.07) is 87.5. The molecule has 10 aromatic rings. The molecule has 10 atom stereocenters. The number of nitrogen functional groups attached to an aromatic ring is 2. The number of aromatic nitrogens is 4. The number of fused-ring (bicyclic) bond motifs is 1. The van der Waals surface area contributed by atoms with Gasteiger partial charge in [0.25, 0.3) is 0 Å². The van der Waals surface area contributed by atoms with Gasteiger partial charge in [0.15, 0.2) is 22.7 Å². The summed E-state index contributed by atoms with van der Waals surface area (Å²) in [7, 11) is -7.28. The molecule has 2 aromatic heterocycles. The second-order valence-corrected chi connectivity index (χ2v) is 33.9. The molecule has 0 bridgehead atoms. The van der Waals surface area contributed by atoms with E-state index in [0.717, 1.165) is 62.4 Å². The highest BCUT2D eigenvalue weighted by Crippen LogP contribution is 2.49. The minimum atomic E-state index is -4.02. The van der Waals surface area contributed by atoms with Gasteiger partial charge >= 0.3 is 34.5 Å². The van der Waals surface area contributed by atoms with Crippen molar-refractivity contribution in [2.45, 2.75) is 135 Å². The normalized spacial score (nSPS) is 19.3. The molecular weight excluding hydrogens is 1630 g/mol. The topological polar surface area (TPSA) is 403 Å². The number of unbranched alkanes of at least 4 members (excludes halogenated alkanes) is 1. The summed E-state index contributed by atoms with van der Waals surface area (Å²) in [5.74, 6) is 0.558. The first-order chi connectivity index (χ1) is 58.5. The number of nitrogens with one attached hydrogen (secondary N) is 1. The fraction of sp³-hybridized carbons (Fsp3) is 0.356. The summed E-state index contributed by atoms with van der Waals surface area (Å²) in [6.07, 6.45) is -0.538. The number of aliphatic hydroxyl groups excluding tert-OH is 3. The summed E-state index contributed by atoms with van der Waals surface area (Å²) in [5.41, 5.74) is 13.7. The number of aliphatic hydroxyl groups is 4. The number of hydrogen-bond donors (Lipinski definition) is 9. The lowest BCUT2D eigenvalue weighted by Crippen LogP contribution is -2.46. The van der Waals surface area contributed by atoms with Crippen LogP contribution in [-0.2, 0) is 68.0 Å². The molecule has 0 radical (unpaired) electrons. The Morgan fingerprint density at radius 3 is 1.38 bits per heavy atom. The highest BCUT2D eigenvalue weighted by molar-refractivity contribution is 8.14. The third-order valence-corrected chi connectivity index (χ3v) is 22.9. The highest BCUT2D eigenvalue weighted by Gasteiger charge is 2.63. The third-order valence-electron chi connectivity index (χ3n) is 18.6. The average molecular weight is 1750 g/mol. The van der Waals surface area contributed by atoms with Crippen LogP contribution in [-0.4, -0.2) is 155 Å². The maximum absolute atomic E-state index is 13.6. The van der Waals surface area contributed by atoms with Crippen molar-refractivity contribution in [1.29, 1.82) is 0 Å². The van der Waals surface area contributed by atoms with Gasteiger partial charge in [-0.2, -0.15) is 9.97 Å². The Labute approximate surface area is 724 Å². The Balaban J connectivity index is 0.000000249. The van der Waals surface area contributed by atoms with Crippen LogP contribution in [0.15, 0.2) is 295 Å². The third kappa shape index (κ3) is 31.6. The van der Waals surface area contributed by atoms with E-state index in [1.54, 1.807) is 13.8 Å². The number of thioether (sulfide) groups is 2. The number of benzene rings is 8. The summed E-state index contributed by atoms with van der Waals surface area (Å²) in [5, 5.41) is 43.1. The van der Waals surface area contributed by atoms with Crippen LogP contribution in [0, 0.1) is 10.8 Å². The largest absolute Gasteiger partial charge is 0.694 e. The van der Waals surface area contributed by atoms with Gasteiger partial charge in [0.2, 0.25) is 0 Å². The minimum Gasteiger partial charge on any atom is -0.398 e. The van der Waals surface area contributed by atoms with E-state index in [4.69, 9.17) is 54.7 Å². The van der Waals surface area contributed by atoms with E-state index in [1.165, 1.54) is 48.9 Å². The van der Waals surface area contributed by atoms with Gasteiger partial charge in [-0.25, -0.2) is 19.2 Å². The van der Waals surface area contributed by atoms with Gasteiger partial charge < -0.3 is 61.1 Å². The predicted molar refractivity (Wildman–Crippen MR) is 481 cm³/mol. The summed E-state index contributed by atoms with van der Waals surface area (Å²) in [6.45, 7) is 16.2. The summed E-state index contributed by atoms with van der Waals surface area (Å²) in [4.78, 5) is 65.8. The molecule has 0 aliphatic carbocycles. The van der Waals surface area contributed by atoms with Crippen molar-refractivity contribution < 1.29 is 81.1 Å². The molecule has 13 rings (SSSR count). The lowest BCUT2D eigenvalue weighted by Gasteiger charge is -2.38. The maximum atomic E-state index is 13.6. The molecule has 32 heteroatoms. The van der Waals surface area contributed by atoms with Crippen molar-refractivity contribution >= 4 is 74.0 Å². The molecule has 3 aliphatic rings. The zero-order chi connectivity index (χ0) is 89.0. The molecule has 654 valence electrons. The predicted octanol–water partition coefficient (Wildman–Crippen LogP) is 13.1. The number of carbonyl (C=O) groups is 2. The van der Waals surface area contributed by atoms with Crippen molar-refractivity contribution in [3.63, 3.8) is 0 Å². The van der Waals surface area contributed by atoms with Crippen molar-refractivity contribution in [1.82, 2.24) is 24.2 Å². The monoisotopic (exact) mass is 1750 g/mol. The molecule has 0 saturated carbocycles. The van der Waals surface area contributed by atoms with Crippen LogP contribution in [0.2, 0.25) is 0 Å². The van der Waals surface area contributed by atoms with Crippen molar-refractivity contribution in [3.05, 3.63) is 329 Å². The van der Waals surface area contributed by atoms with E-state index in [-0.39, 0.29) is 67.2 Å². The van der Waals surface area contributed by atoms with Gasteiger partial charge in [0.05, 0.1) is 43.9 Å². The van der Waals surface area contributed by atoms with Crippen molar-refractivity contribution in [3.8, 4) is 0 Å². The highest BCUT2D eigenvalue weighted by atomic mass is 32.2. The second-order valence-electron chi connectivity index (χ2n) is 29.2. The quantitative estimate of drug-likeness (QED) is 0.00951. The average Bonchev–Trinajstić information content (AvgIpc) is 1.62. The Bertz CT molecular complexity index is 4540. The van der Waals surface area contributed by atoms with Crippen LogP contribution < -0.4 is 39.1 Å². The first-order valence-corrected chi connectivity index (χ1v) is 44.5. The number of ether oxygens (including phenoxy) is 3. The minimum absolute atomic E-state index is 0.0170. The van der Waals surface area contributed by atoms with E-state index < -0.39 is 106 Å².